The molecule has 1 fully saturated rings. The van der Waals surface area contributed by atoms with Crippen molar-refractivity contribution in [2.75, 3.05) is 6.54 Å². The molecule has 1 saturated carbocycles. The van der Waals surface area contributed by atoms with E-state index in [-0.39, 0.29) is 29.2 Å². The number of amides is 1. The van der Waals surface area contributed by atoms with Crippen LogP contribution in [0.25, 0.3) is 0 Å². The van der Waals surface area contributed by atoms with Crippen LogP contribution in [0.4, 0.5) is 4.39 Å². The number of hydrogen-bond acceptors (Lipinski definition) is 3. The van der Waals surface area contributed by atoms with E-state index in [4.69, 9.17) is 4.98 Å². The van der Waals surface area contributed by atoms with E-state index in [1.54, 1.807) is 17.0 Å². The molecule has 31 heavy (non-hydrogen) atoms. The highest BCUT2D eigenvalue weighted by molar-refractivity contribution is 5.83. The molecule has 0 spiro atoms. The van der Waals surface area contributed by atoms with Crippen LogP contribution in [-0.2, 0) is 23.2 Å². The number of nitrogens with zero attached hydrogens (tertiary/aromatic N) is 2. The molecule has 5 nitrogen and oxygen atoms in total. The molecule has 3 aromatic rings. The van der Waals surface area contributed by atoms with Gasteiger partial charge in [0.1, 0.15) is 11.6 Å². The minimum Gasteiger partial charge on any atom is -0.337 e. The molecule has 1 N–H and O–H groups in total. The molecule has 2 heterocycles. The van der Waals surface area contributed by atoms with Gasteiger partial charge >= 0.3 is 0 Å². The zero-order chi connectivity index (χ0) is 21.6. The van der Waals surface area contributed by atoms with Crippen LogP contribution in [-0.4, -0.2) is 27.3 Å². The van der Waals surface area contributed by atoms with Crippen molar-refractivity contribution in [3.05, 3.63) is 99.0 Å². The van der Waals surface area contributed by atoms with Gasteiger partial charge in [-0.1, -0.05) is 42.5 Å². The Hall–Kier alpha value is -3.28. The zero-order valence-corrected chi connectivity index (χ0v) is 17.4. The normalized spacial score (nSPS) is 17.7. The van der Waals surface area contributed by atoms with Gasteiger partial charge in [0, 0.05) is 13.0 Å². The Bertz CT molecular complexity index is 1180. The van der Waals surface area contributed by atoms with E-state index in [0.29, 0.717) is 18.5 Å². The first-order valence-electron chi connectivity index (χ1n) is 10.7. The van der Waals surface area contributed by atoms with Crippen molar-refractivity contribution < 1.29 is 9.18 Å². The quantitative estimate of drug-likeness (QED) is 0.704. The number of H-pyrrole nitrogens is 1. The second kappa shape index (κ2) is 7.45. The van der Waals surface area contributed by atoms with Gasteiger partial charge in [0.25, 0.3) is 5.56 Å². The second-order valence-corrected chi connectivity index (χ2v) is 8.57. The second-order valence-electron chi connectivity index (χ2n) is 8.57. The van der Waals surface area contributed by atoms with E-state index in [1.165, 1.54) is 17.7 Å². The maximum Gasteiger partial charge on any atom is 0.256 e. The Morgan fingerprint density at radius 2 is 1.84 bits per heavy atom. The molecular weight excluding hydrogens is 393 g/mol. The predicted octanol–water partition coefficient (Wildman–Crippen LogP) is 3.68. The van der Waals surface area contributed by atoms with Crippen molar-refractivity contribution in [1.82, 2.24) is 14.9 Å². The summed E-state index contributed by atoms with van der Waals surface area (Å²) in [5.74, 6) is -0.0560. The van der Waals surface area contributed by atoms with Gasteiger partial charge in [-0.15, -0.1) is 0 Å². The minimum atomic E-state index is -0.402. The fourth-order valence-corrected chi connectivity index (χ4v) is 4.55. The highest BCUT2D eigenvalue weighted by Crippen LogP contribution is 2.51. The number of hydrogen-bond donors (Lipinski definition) is 1. The number of fused-ring (bicyclic) bond motifs is 1. The van der Waals surface area contributed by atoms with Gasteiger partial charge in [-0.05, 0) is 43.0 Å². The molecule has 6 heteroatoms. The average molecular weight is 417 g/mol. The largest absolute Gasteiger partial charge is 0.337 e. The first-order chi connectivity index (χ1) is 15.0. The average Bonchev–Trinajstić information content (AvgIpc) is 3.61. The monoisotopic (exact) mass is 417 g/mol. The molecule has 2 aliphatic rings. The molecule has 0 radical (unpaired) electrons. The van der Waals surface area contributed by atoms with E-state index in [1.807, 2.05) is 25.1 Å². The molecule has 158 valence electrons. The lowest BCUT2D eigenvalue weighted by molar-refractivity contribution is -0.133. The Labute approximate surface area is 180 Å². The first kappa shape index (κ1) is 19.7. The van der Waals surface area contributed by atoms with Gasteiger partial charge in [0.05, 0.1) is 29.1 Å². The van der Waals surface area contributed by atoms with E-state index in [9.17, 15) is 14.0 Å². The number of aromatic nitrogens is 2. The summed E-state index contributed by atoms with van der Waals surface area (Å²) in [5.41, 5.74) is 2.95. The fourth-order valence-electron chi connectivity index (χ4n) is 4.55. The summed E-state index contributed by atoms with van der Waals surface area (Å²) in [4.78, 5) is 35.6. The lowest BCUT2D eigenvalue weighted by Crippen LogP contribution is -2.42. The number of benzene rings is 2. The van der Waals surface area contributed by atoms with Gasteiger partial charge in [0.2, 0.25) is 5.91 Å². The van der Waals surface area contributed by atoms with Gasteiger partial charge in [-0.25, -0.2) is 9.37 Å². The highest BCUT2D eigenvalue weighted by Gasteiger charge is 2.48. The maximum absolute atomic E-state index is 13.2. The molecule has 0 bridgehead atoms. The summed E-state index contributed by atoms with van der Waals surface area (Å²) in [6.45, 7) is 2.58. The van der Waals surface area contributed by atoms with E-state index < -0.39 is 5.92 Å². The Morgan fingerprint density at radius 1 is 1.13 bits per heavy atom. The molecular formula is C25H24FN3O2. The fraction of sp³-hybridized carbons (Fsp3) is 0.320. The summed E-state index contributed by atoms with van der Waals surface area (Å²) in [6, 6.07) is 16.2. The van der Waals surface area contributed by atoms with Crippen molar-refractivity contribution in [3.63, 3.8) is 0 Å². The van der Waals surface area contributed by atoms with Crippen LogP contribution in [0, 0.1) is 5.82 Å². The standard InChI is InChI=1S/C25H24FN3O2/c1-16(17-7-9-19(26)10-8-17)23(31)29-14-11-21-20(15-29)22(30)28-24(27-21)25(12-13-25)18-5-3-2-4-6-18/h2-10,16H,11-15H2,1H3,(H,27,28,30). The van der Waals surface area contributed by atoms with Crippen molar-refractivity contribution in [3.8, 4) is 0 Å². The topological polar surface area (TPSA) is 66.1 Å². The maximum atomic E-state index is 13.2. The van der Waals surface area contributed by atoms with Gasteiger partial charge < -0.3 is 9.88 Å². The number of aromatic amines is 1. The number of carbonyl (C=O) groups is 1. The van der Waals surface area contributed by atoms with Crippen LogP contribution in [0.15, 0.2) is 59.4 Å². The van der Waals surface area contributed by atoms with Crippen molar-refractivity contribution in [2.24, 2.45) is 0 Å². The van der Waals surface area contributed by atoms with Crippen LogP contribution in [0.3, 0.4) is 0 Å². The molecule has 5 rings (SSSR count). The van der Waals surface area contributed by atoms with E-state index in [0.717, 1.165) is 29.9 Å². The van der Waals surface area contributed by atoms with Crippen LogP contribution < -0.4 is 5.56 Å². The molecule has 1 unspecified atom stereocenters. The molecule has 1 atom stereocenters. The third kappa shape index (κ3) is 3.46. The van der Waals surface area contributed by atoms with E-state index >= 15 is 0 Å². The predicted molar refractivity (Wildman–Crippen MR) is 115 cm³/mol. The first-order valence-corrected chi connectivity index (χ1v) is 10.7. The summed E-state index contributed by atoms with van der Waals surface area (Å²) < 4.78 is 13.2. The van der Waals surface area contributed by atoms with Crippen molar-refractivity contribution >= 4 is 5.91 Å². The van der Waals surface area contributed by atoms with Crippen LogP contribution in [0.2, 0.25) is 0 Å². The SMILES string of the molecule is CC(C(=O)N1CCc2nc(C3(c4ccccc4)CC3)[nH]c(=O)c2C1)c1ccc(F)cc1. The third-order valence-corrected chi connectivity index (χ3v) is 6.65. The molecule has 1 aliphatic carbocycles. The molecule has 0 saturated heterocycles. The molecule has 2 aromatic carbocycles. The Balaban J connectivity index is 1.39. The summed E-state index contributed by atoms with van der Waals surface area (Å²) >= 11 is 0. The summed E-state index contributed by atoms with van der Waals surface area (Å²) in [7, 11) is 0. The van der Waals surface area contributed by atoms with Crippen LogP contribution in [0.1, 0.15) is 53.9 Å². The van der Waals surface area contributed by atoms with Crippen molar-refractivity contribution in [1.29, 1.82) is 0 Å². The summed E-state index contributed by atoms with van der Waals surface area (Å²) in [6.07, 6.45) is 2.50. The van der Waals surface area contributed by atoms with Crippen LogP contribution in [0.5, 0.6) is 0 Å². The van der Waals surface area contributed by atoms with E-state index in [2.05, 4.69) is 17.1 Å². The number of halogens is 1. The van der Waals surface area contributed by atoms with Gasteiger partial charge in [0.15, 0.2) is 0 Å². The zero-order valence-electron chi connectivity index (χ0n) is 17.4. The Morgan fingerprint density at radius 3 is 2.52 bits per heavy atom. The molecule has 1 amide bonds. The number of carbonyl (C=O) groups excluding carboxylic acids is 1. The Kier molecular flexibility index (Phi) is 4.73. The van der Waals surface area contributed by atoms with Gasteiger partial charge in [-0.2, -0.15) is 0 Å². The number of nitrogens with one attached hydrogen (secondary N) is 1. The van der Waals surface area contributed by atoms with Crippen molar-refractivity contribution in [2.45, 2.75) is 44.1 Å². The third-order valence-electron chi connectivity index (χ3n) is 6.65. The molecule has 1 aromatic heterocycles. The molecule has 1 aliphatic heterocycles. The van der Waals surface area contributed by atoms with Gasteiger partial charge in [-0.3, -0.25) is 9.59 Å². The highest BCUT2D eigenvalue weighted by atomic mass is 19.1. The lowest BCUT2D eigenvalue weighted by atomic mass is 9.94. The lowest BCUT2D eigenvalue weighted by Gasteiger charge is -2.30. The summed E-state index contributed by atoms with van der Waals surface area (Å²) in [5, 5.41) is 0. The smallest absolute Gasteiger partial charge is 0.256 e. The minimum absolute atomic E-state index is 0.0660. The van der Waals surface area contributed by atoms with Crippen LogP contribution >= 0.6 is 0 Å². The number of rotatable bonds is 4.